The second-order valence-corrected chi connectivity index (χ2v) is 9.47. The zero-order valence-corrected chi connectivity index (χ0v) is 20.4. The number of nitrogens with zero attached hydrogens (tertiary/aromatic N) is 2. The number of carbonyl (C=O) groups is 2. The number of Topliss-reactive ketones (excluding diaryl/α,β-unsaturated/α-hetero) is 1. The molecule has 5 rings (SSSR count). The predicted octanol–water partition coefficient (Wildman–Crippen LogP) is 5.94. The van der Waals surface area contributed by atoms with Crippen LogP contribution in [-0.2, 0) is 9.59 Å². The lowest BCUT2D eigenvalue weighted by Gasteiger charge is -2.22. The molecule has 1 aliphatic heterocycles. The summed E-state index contributed by atoms with van der Waals surface area (Å²) in [7, 11) is 0. The van der Waals surface area contributed by atoms with Crippen LogP contribution in [0.3, 0.4) is 0 Å². The minimum absolute atomic E-state index is 0.0394. The molecule has 176 valence electrons. The van der Waals surface area contributed by atoms with Crippen LogP contribution in [0.2, 0.25) is 0 Å². The number of hydrogen-bond donors (Lipinski definition) is 1. The Morgan fingerprint density at radius 1 is 1.06 bits per heavy atom. The molecule has 6 nitrogen and oxygen atoms in total. The Balaban J connectivity index is 1.68. The van der Waals surface area contributed by atoms with Crippen LogP contribution in [0, 0.1) is 13.8 Å². The van der Waals surface area contributed by atoms with Gasteiger partial charge in [0, 0.05) is 5.56 Å². The molecule has 0 unspecified atom stereocenters. The van der Waals surface area contributed by atoms with Gasteiger partial charge in [0.05, 0.1) is 28.4 Å². The molecule has 0 radical (unpaired) electrons. The van der Waals surface area contributed by atoms with Gasteiger partial charge in [-0.15, -0.1) is 0 Å². The first-order chi connectivity index (χ1) is 16.9. The highest BCUT2D eigenvalue weighted by Crippen LogP contribution is 2.44. The second-order valence-electron chi connectivity index (χ2n) is 8.46. The van der Waals surface area contributed by atoms with Crippen molar-refractivity contribution >= 4 is 44.1 Å². The van der Waals surface area contributed by atoms with E-state index in [0.29, 0.717) is 28.6 Å². The number of aliphatic hydroxyl groups is 1. The predicted molar refractivity (Wildman–Crippen MR) is 138 cm³/mol. The number of aryl methyl sites for hydroxylation is 2. The number of aromatic nitrogens is 1. The van der Waals surface area contributed by atoms with E-state index in [2.05, 4.69) is 0 Å². The third kappa shape index (κ3) is 3.98. The molecule has 35 heavy (non-hydrogen) atoms. The summed E-state index contributed by atoms with van der Waals surface area (Å²) in [6.07, 6.45) is 0. The van der Waals surface area contributed by atoms with Gasteiger partial charge in [-0.25, -0.2) is 4.98 Å². The standard InChI is InChI=1S/C28H24N2O4S/c1-4-34-20-12-10-19(11-13-20)25(31)22-24(18-8-6-5-7-9-18)30(27(33)26(22)32)28-29-23-17(3)14-16(2)15-21(23)35-28/h5-15,24,31H,4H2,1-3H3/b25-22+/t24-/m1/s1. The molecule has 0 saturated carbocycles. The zero-order valence-electron chi connectivity index (χ0n) is 19.6. The van der Waals surface area contributed by atoms with Gasteiger partial charge in [-0.1, -0.05) is 47.7 Å². The number of benzene rings is 3. The Hall–Kier alpha value is -3.97. The van der Waals surface area contributed by atoms with E-state index in [4.69, 9.17) is 9.72 Å². The molecular weight excluding hydrogens is 460 g/mol. The Morgan fingerprint density at radius 2 is 1.77 bits per heavy atom. The molecule has 1 amide bonds. The van der Waals surface area contributed by atoms with Gasteiger partial charge in [-0.05, 0) is 67.8 Å². The van der Waals surface area contributed by atoms with Gasteiger partial charge >= 0.3 is 5.91 Å². The van der Waals surface area contributed by atoms with Crippen LogP contribution in [-0.4, -0.2) is 28.4 Å². The topological polar surface area (TPSA) is 79.7 Å². The van der Waals surface area contributed by atoms with Crippen LogP contribution in [0.1, 0.15) is 35.2 Å². The second kappa shape index (κ2) is 9.00. The van der Waals surface area contributed by atoms with E-state index < -0.39 is 17.7 Å². The van der Waals surface area contributed by atoms with E-state index >= 15 is 0 Å². The molecular formula is C28H24N2O4S. The maximum Gasteiger partial charge on any atom is 0.301 e. The fourth-order valence-corrected chi connectivity index (χ4v) is 5.64. The summed E-state index contributed by atoms with van der Waals surface area (Å²) in [6.45, 7) is 6.40. The van der Waals surface area contributed by atoms with Crippen LogP contribution in [0.4, 0.5) is 5.13 Å². The molecule has 1 aromatic heterocycles. The summed E-state index contributed by atoms with van der Waals surface area (Å²) in [4.78, 5) is 32.9. The van der Waals surface area contributed by atoms with E-state index in [0.717, 1.165) is 21.3 Å². The highest BCUT2D eigenvalue weighted by Gasteiger charge is 2.48. The SMILES string of the molecule is CCOc1ccc(/C(O)=C2\C(=O)C(=O)N(c3nc4c(C)cc(C)cc4s3)[C@@H]2c2ccccc2)cc1. The molecule has 0 bridgehead atoms. The highest BCUT2D eigenvalue weighted by molar-refractivity contribution is 7.22. The third-order valence-electron chi connectivity index (χ3n) is 6.02. The van der Waals surface area contributed by atoms with Gasteiger partial charge in [-0.3, -0.25) is 14.5 Å². The quantitative estimate of drug-likeness (QED) is 0.215. The number of aliphatic hydroxyl groups excluding tert-OH is 1. The smallest absolute Gasteiger partial charge is 0.301 e. The lowest BCUT2D eigenvalue weighted by Crippen LogP contribution is -2.29. The van der Waals surface area contributed by atoms with Crippen molar-refractivity contribution in [3.05, 3.63) is 94.6 Å². The minimum Gasteiger partial charge on any atom is -0.507 e. The lowest BCUT2D eigenvalue weighted by atomic mass is 9.95. The molecule has 1 fully saturated rings. The first-order valence-electron chi connectivity index (χ1n) is 11.4. The Kier molecular flexibility index (Phi) is 5.86. The van der Waals surface area contributed by atoms with Gasteiger partial charge in [0.15, 0.2) is 5.13 Å². The third-order valence-corrected chi connectivity index (χ3v) is 7.02. The van der Waals surface area contributed by atoms with Crippen molar-refractivity contribution < 1.29 is 19.4 Å². The molecule has 1 saturated heterocycles. The zero-order chi connectivity index (χ0) is 24.7. The van der Waals surface area contributed by atoms with Crippen LogP contribution >= 0.6 is 11.3 Å². The normalized spacial score (nSPS) is 17.3. The number of amides is 1. The first kappa shape index (κ1) is 22.8. The van der Waals surface area contributed by atoms with Crippen molar-refractivity contribution in [3.8, 4) is 5.75 Å². The molecule has 3 aromatic carbocycles. The molecule has 7 heteroatoms. The summed E-state index contributed by atoms with van der Waals surface area (Å²) >= 11 is 1.37. The summed E-state index contributed by atoms with van der Waals surface area (Å²) in [5.74, 6) is -1.02. The monoisotopic (exact) mass is 484 g/mol. The highest BCUT2D eigenvalue weighted by atomic mass is 32.1. The number of hydrogen-bond acceptors (Lipinski definition) is 6. The Labute approximate surface area is 207 Å². The average molecular weight is 485 g/mol. The van der Waals surface area contributed by atoms with Crippen molar-refractivity contribution in [3.63, 3.8) is 0 Å². The lowest BCUT2D eigenvalue weighted by molar-refractivity contribution is -0.132. The first-order valence-corrected chi connectivity index (χ1v) is 12.2. The maximum absolute atomic E-state index is 13.4. The van der Waals surface area contributed by atoms with Crippen LogP contribution in [0.5, 0.6) is 5.75 Å². The number of rotatable bonds is 5. The number of thiazole rings is 1. The Bertz CT molecular complexity index is 1470. The van der Waals surface area contributed by atoms with Gasteiger partial charge in [0.25, 0.3) is 5.78 Å². The molecule has 0 spiro atoms. The summed E-state index contributed by atoms with van der Waals surface area (Å²) in [6, 6.07) is 19.3. The molecule has 1 N–H and O–H groups in total. The summed E-state index contributed by atoms with van der Waals surface area (Å²) in [5.41, 5.74) is 4.09. The Morgan fingerprint density at radius 3 is 2.46 bits per heavy atom. The fourth-order valence-electron chi connectivity index (χ4n) is 4.47. The molecule has 4 aromatic rings. The number of fused-ring (bicyclic) bond motifs is 1. The minimum atomic E-state index is -0.801. The number of anilines is 1. The van der Waals surface area contributed by atoms with Crippen molar-refractivity contribution in [1.29, 1.82) is 0 Å². The number of ether oxygens (including phenoxy) is 1. The van der Waals surface area contributed by atoms with Crippen molar-refractivity contribution in [2.45, 2.75) is 26.8 Å². The van der Waals surface area contributed by atoms with Gasteiger partial charge in [0.2, 0.25) is 0 Å². The van der Waals surface area contributed by atoms with E-state index in [1.807, 2.05) is 63.2 Å². The van der Waals surface area contributed by atoms with E-state index in [-0.39, 0.29) is 11.3 Å². The van der Waals surface area contributed by atoms with Gasteiger partial charge in [0.1, 0.15) is 11.5 Å². The van der Waals surface area contributed by atoms with Crippen molar-refractivity contribution in [2.75, 3.05) is 11.5 Å². The molecule has 2 heterocycles. The van der Waals surface area contributed by atoms with Crippen molar-refractivity contribution in [2.24, 2.45) is 0 Å². The van der Waals surface area contributed by atoms with E-state index in [9.17, 15) is 14.7 Å². The number of carbonyl (C=O) groups excluding carboxylic acids is 2. The van der Waals surface area contributed by atoms with Crippen LogP contribution in [0.15, 0.2) is 72.3 Å². The largest absolute Gasteiger partial charge is 0.507 e. The molecule has 1 atom stereocenters. The van der Waals surface area contributed by atoms with E-state index in [1.165, 1.54) is 16.2 Å². The van der Waals surface area contributed by atoms with Crippen molar-refractivity contribution in [1.82, 2.24) is 4.98 Å². The fraction of sp³-hybridized carbons (Fsp3) is 0.179. The molecule has 1 aliphatic rings. The van der Waals surface area contributed by atoms with Crippen LogP contribution in [0.25, 0.3) is 16.0 Å². The van der Waals surface area contributed by atoms with E-state index in [1.54, 1.807) is 24.3 Å². The summed E-state index contributed by atoms with van der Waals surface area (Å²) in [5, 5.41) is 11.7. The van der Waals surface area contributed by atoms with Gasteiger partial charge in [-0.2, -0.15) is 0 Å². The summed E-state index contributed by atoms with van der Waals surface area (Å²) < 4.78 is 6.42. The average Bonchev–Trinajstić information content (AvgIpc) is 3.38. The van der Waals surface area contributed by atoms with Crippen LogP contribution < -0.4 is 9.64 Å². The molecule has 0 aliphatic carbocycles. The van der Waals surface area contributed by atoms with Gasteiger partial charge < -0.3 is 9.84 Å². The number of ketones is 1. The maximum atomic E-state index is 13.4.